The monoisotopic (exact) mass is 417 g/mol. The van der Waals surface area contributed by atoms with E-state index in [4.69, 9.17) is 4.74 Å². The van der Waals surface area contributed by atoms with Crippen molar-refractivity contribution in [3.63, 3.8) is 0 Å². The first-order valence-corrected chi connectivity index (χ1v) is 10.5. The second kappa shape index (κ2) is 8.16. The van der Waals surface area contributed by atoms with Gasteiger partial charge in [-0.05, 0) is 46.7 Å². The van der Waals surface area contributed by atoms with Crippen LogP contribution in [0.2, 0.25) is 0 Å². The maximum atomic E-state index is 12.3. The van der Waals surface area contributed by atoms with Gasteiger partial charge in [-0.2, -0.15) is 0 Å². The molecule has 0 aliphatic rings. The summed E-state index contributed by atoms with van der Waals surface area (Å²) in [6, 6.07) is 21.1. The molecule has 0 unspecified atom stereocenters. The van der Waals surface area contributed by atoms with E-state index in [1.54, 1.807) is 18.3 Å². The Morgan fingerprint density at radius 3 is 2.40 bits per heavy atom. The zero-order chi connectivity index (χ0) is 21.1. The summed E-state index contributed by atoms with van der Waals surface area (Å²) in [5.41, 5.74) is 1.93. The molecule has 2 N–H and O–H groups in total. The molecule has 0 atom stereocenters. The highest BCUT2D eigenvalue weighted by atomic mass is 32.1. The maximum Gasteiger partial charge on any atom is 0.324 e. The van der Waals surface area contributed by atoms with Crippen molar-refractivity contribution in [1.82, 2.24) is 4.98 Å². The molecule has 5 nitrogen and oxygen atoms in total. The lowest BCUT2D eigenvalue weighted by molar-refractivity contribution is 0.262. The highest BCUT2D eigenvalue weighted by molar-refractivity contribution is 7.22. The van der Waals surface area contributed by atoms with Crippen LogP contribution in [-0.2, 0) is 5.41 Å². The van der Waals surface area contributed by atoms with Crippen molar-refractivity contribution >= 4 is 38.1 Å². The first-order chi connectivity index (χ1) is 14.4. The van der Waals surface area contributed by atoms with Crippen LogP contribution in [0.4, 0.5) is 15.5 Å². The Bertz CT molecular complexity index is 1130. The van der Waals surface area contributed by atoms with Gasteiger partial charge in [0.2, 0.25) is 5.88 Å². The Balaban J connectivity index is 1.35. The minimum atomic E-state index is -0.310. The molecule has 0 radical (unpaired) electrons. The van der Waals surface area contributed by atoms with Crippen molar-refractivity contribution in [2.45, 2.75) is 26.2 Å². The number of thiophene rings is 1. The molecule has 0 bridgehead atoms. The molecule has 4 aromatic rings. The Morgan fingerprint density at radius 2 is 1.73 bits per heavy atom. The highest BCUT2D eigenvalue weighted by Gasteiger charge is 2.13. The third-order valence-corrected chi connectivity index (χ3v) is 5.63. The Hall–Kier alpha value is -3.38. The van der Waals surface area contributed by atoms with Crippen LogP contribution in [0.1, 0.15) is 26.3 Å². The number of rotatable bonds is 4. The van der Waals surface area contributed by atoms with Gasteiger partial charge >= 0.3 is 6.03 Å². The number of carbonyl (C=O) groups excluding carboxylic acids is 1. The van der Waals surface area contributed by atoms with E-state index in [-0.39, 0.29) is 11.4 Å². The van der Waals surface area contributed by atoms with Crippen molar-refractivity contribution in [2.75, 3.05) is 10.6 Å². The number of aromatic nitrogens is 1. The van der Waals surface area contributed by atoms with E-state index in [1.165, 1.54) is 16.9 Å². The van der Waals surface area contributed by atoms with Gasteiger partial charge in [-0.3, -0.25) is 5.32 Å². The lowest BCUT2D eigenvalue weighted by Gasteiger charge is -2.19. The van der Waals surface area contributed by atoms with Crippen molar-refractivity contribution in [2.24, 2.45) is 0 Å². The molecule has 0 fully saturated rings. The molecule has 4 rings (SSSR count). The number of nitrogens with zero attached hydrogens (tertiary/aromatic N) is 1. The van der Waals surface area contributed by atoms with E-state index < -0.39 is 0 Å². The molecule has 0 spiro atoms. The fraction of sp³-hybridized carbons (Fsp3) is 0.167. The predicted molar refractivity (Wildman–Crippen MR) is 124 cm³/mol. The topological polar surface area (TPSA) is 63.2 Å². The lowest BCUT2D eigenvalue weighted by Crippen LogP contribution is -2.18. The molecule has 2 aromatic heterocycles. The summed E-state index contributed by atoms with van der Waals surface area (Å²) in [4.78, 5) is 16.6. The van der Waals surface area contributed by atoms with Crippen LogP contribution in [0.15, 0.2) is 72.9 Å². The van der Waals surface area contributed by atoms with Gasteiger partial charge in [0.25, 0.3) is 0 Å². The van der Waals surface area contributed by atoms with Crippen LogP contribution in [0.25, 0.3) is 10.1 Å². The zero-order valence-corrected chi connectivity index (χ0v) is 17.9. The number of hydrogen-bond donors (Lipinski definition) is 2. The third kappa shape index (κ3) is 4.78. The SMILES string of the molecule is CC(C)(C)c1ccc(Oc2ccc(NC(=O)Nc3cc4ccccc4s3)cn2)cc1. The number of nitrogens with one attached hydrogen (secondary N) is 2. The summed E-state index contributed by atoms with van der Waals surface area (Å²) in [6.45, 7) is 6.52. The summed E-state index contributed by atoms with van der Waals surface area (Å²) in [5, 5.41) is 7.55. The van der Waals surface area contributed by atoms with Gasteiger partial charge in [0.1, 0.15) is 5.75 Å². The highest BCUT2D eigenvalue weighted by Crippen LogP contribution is 2.30. The van der Waals surface area contributed by atoms with Crippen molar-refractivity contribution in [3.05, 3.63) is 78.5 Å². The Morgan fingerprint density at radius 1 is 0.967 bits per heavy atom. The number of benzene rings is 2. The molecular weight excluding hydrogens is 394 g/mol. The summed E-state index contributed by atoms with van der Waals surface area (Å²) in [6.07, 6.45) is 1.57. The molecule has 2 aromatic carbocycles. The molecule has 0 aliphatic carbocycles. The van der Waals surface area contributed by atoms with Gasteiger partial charge in [-0.1, -0.05) is 51.1 Å². The van der Waals surface area contributed by atoms with E-state index in [2.05, 4.69) is 48.5 Å². The summed E-state index contributed by atoms with van der Waals surface area (Å²) < 4.78 is 6.93. The van der Waals surface area contributed by atoms with Crippen LogP contribution in [-0.4, -0.2) is 11.0 Å². The van der Waals surface area contributed by atoms with Crippen LogP contribution in [0.5, 0.6) is 11.6 Å². The molecule has 152 valence electrons. The van der Waals surface area contributed by atoms with E-state index in [0.717, 1.165) is 20.8 Å². The van der Waals surface area contributed by atoms with Crippen LogP contribution >= 0.6 is 11.3 Å². The smallest absolute Gasteiger partial charge is 0.324 e. The second-order valence-corrected chi connectivity index (χ2v) is 9.07. The zero-order valence-electron chi connectivity index (χ0n) is 17.1. The van der Waals surface area contributed by atoms with Crippen molar-refractivity contribution in [3.8, 4) is 11.6 Å². The first-order valence-electron chi connectivity index (χ1n) is 9.68. The molecule has 0 saturated carbocycles. The number of anilines is 2. The predicted octanol–water partition coefficient (Wildman–Crippen LogP) is 7.03. The van der Waals surface area contributed by atoms with Crippen molar-refractivity contribution in [1.29, 1.82) is 0 Å². The van der Waals surface area contributed by atoms with E-state index >= 15 is 0 Å². The molecular formula is C24H23N3O2S. The Kier molecular flexibility index (Phi) is 5.42. The molecule has 0 saturated heterocycles. The quantitative estimate of drug-likeness (QED) is 0.375. The maximum absolute atomic E-state index is 12.3. The van der Waals surface area contributed by atoms with Crippen LogP contribution in [0, 0.1) is 0 Å². The number of urea groups is 1. The Labute approximate surface area is 179 Å². The molecule has 0 aliphatic heterocycles. The number of hydrogen-bond acceptors (Lipinski definition) is 4. The molecule has 2 amide bonds. The summed E-state index contributed by atoms with van der Waals surface area (Å²) >= 11 is 1.53. The number of ether oxygens (including phenoxy) is 1. The largest absolute Gasteiger partial charge is 0.439 e. The normalized spacial score (nSPS) is 11.3. The number of carbonyl (C=O) groups is 1. The van der Waals surface area contributed by atoms with E-state index in [0.29, 0.717) is 11.6 Å². The number of amides is 2. The summed E-state index contributed by atoms with van der Waals surface area (Å²) in [5.74, 6) is 1.19. The number of fused-ring (bicyclic) bond motifs is 1. The minimum absolute atomic E-state index is 0.0977. The van der Waals surface area contributed by atoms with Gasteiger partial charge in [0.05, 0.1) is 16.9 Å². The lowest BCUT2D eigenvalue weighted by atomic mass is 9.87. The average molecular weight is 418 g/mol. The van der Waals surface area contributed by atoms with E-state index in [1.807, 2.05) is 42.5 Å². The average Bonchev–Trinajstić information content (AvgIpc) is 3.11. The molecule has 30 heavy (non-hydrogen) atoms. The molecule has 2 heterocycles. The fourth-order valence-electron chi connectivity index (χ4n) is 2.98. The second-order valence-electron chi connectivity index (χ2n) is 7.99. The van der Waals surface area contributed by atoms with Crippen LogP contribution in [0.3, 0.4) is 0 Å². The minimum Gasteiger partial charge on any atom is -0.439 e. The number of pyridine rings is 1. The van der Waals surface area contributed by atoms with Gasteiger partial charge in [-0.15, -0.1) is 11.3 Å². The summed E-state index contributed by atoms with van der Waals surface area (Å²) in [7, 11) is 0. The molecule has 6 heteroatoms. The standard InChI is InChI=1S/C24H23N3O2S/c1-24(2,3)17-8-11-19(12-9-17)29-21-13-10-18(15-25-21)26-23(28)27-22-14-16-6-4-5-7-20(16)30-22/h4-15H,1-3H3,(H2,26,27,28). The third-order valence-electron chi connectivity index (χ3n) is 4.60. The fourth-order valence-corrected chi connectivity index (χ4v) is 3.93. The first kappa shape index (κ1) is 19.9. The van der Waals surface area contributed by atoms with Crippen LogP contribution < -0.4 is 15.4 Å². The van der Waals surface area contributed by atoms with Gasteiger partial charge in [0, 0.05) is 10.8 Å². The van der Waals surface area contributed by atoms with E-state index in [9.17, 15) is 4.79 Å². The van der Waals surface area contributed by atoms with Gasteiger partial charge < -0.3 is 10.1 Å². The van der Waals surface area contributed by atoms with Gasteiger partial charge in [0.15, 0.2) is 0 Å². The van der Waals surface area contributed by atoms with Gasteiger partial charge in [-0.25, -0.2) is 9.78 Å². The van der Waals surface area contributed by atoms with Crippen molar-refractivity contribution < 1.29 is 9.53 Å².